The molecule has 108 valence electrons. The standard InChI is InChI=1S/C15H27N3O/c1-11(2)10-19-14-12(16)6-7-13(18-14)17-9-8-15(3,4)5/h6-7,11H,8-10,16H2,1-5H3,(H,17,18). The third-order valence-electron chi connectivity index (χ3n) is 2.62. The van der Waals surface area contributed by atoms with Gasteiger partial charge in [0.1, 0.15) is 5.82 Å². The highest BCUT2D eigenvalue weighted by atomic mass is 16.5. The highest BCUT2D eigenvalue weighted by molar-refractivity contribution is 5.53. The first-order valence-corrected chi connectivity index (χ1v) is 6.91. The maximum Gasteiger partial charge on any atom is 0.239 e. The van der Waals surface area contributed by atoms with Crippen molar-refractivity contribution in [1.29, 1.82) is 0 Å². The van der Waals surface area contributed by atoms with Gasteiger partial charge in [-0.15, -0.1) is 0 Å². The van der Waals surface area contributed by atoms with Gasteiger partial charge in [-0.25, -0.2) is 0 Å². The highest BCUT2D eigenvalue weighted by Crippen LogP contribution is 2.22. The lowest BCUT2D eigenvalue weighted by Crippen LogP contribution is -2.14. The van der Waals surface area contributed by atoms with E-state index < -0.39 is 0 Å². The molecule has 1 heterocycles. The Kier molecular flexibility index (Phi) is 5.45. The number of ether oxygens (including phenoxy) is 1. The minimum atomic E-state index is 0.317. The summed E-state index contributed by atoms with van der Waals surface area (Å²) in [6.45, 7) is 12.4. The number of anilines is 2. The molecule has 0 aromatic carbocycles. The summed E-state index contributed by atoms with van der Waals surface area (Å²) in [5.74, 6) is 1.80. The van der Waals surface area contributed by atoms with Crippen molar-refractivity contribution in [2.45, 2.75) is 41.0 Å². The van der Waals surface area contributed by atoms with Gasteiger partial charge >= 0.3 is 0 Å². The average Bonchev–Trinajstić information content (AvgIpc) is 2.27. The maximum atomic E-state index is 5.86. The fourth-order valence-electron chi connectivity index (χ4n) is 1.48. The van der Waals surface area contributed by atoms with Gasteiger partial charge in [0.05, 0.1) is 12.3 Å². The predicted octanol–water partition coefficient (Wildman–Crippen LogP) is 3.55. The predicted molar refractivity (Wildman–Crippen MR) is 81.5 cm³/mol. The third-order valence-corrected chi connectivity index (χ3v) is 2.62. The fourth-order valence-corrected chi connectivity index (χ4v) is 1.48. The van der Waals surface area contributed by atoms with Crippen LogP contribution in [0.1, 0.15) is 41.0 Å². The molecule has 0 saturated carbocycles. The minimum absolute atomic E-state index is 0.317. The zero-order valence-corrected chi connectivity index (χ0v) is 12.8. The lowest BCUT2D eigenvalue weighted by atomic mass is 9.92. The van der Waals surface area contributed by atoms with E-state index in [0.29, 0.717) is 29.5 Å². The van der Waals surface area contributed by atoms with Gasteiger partial charge in [0.15, 0.2) is 0 Å². The molecule has 0 fully saturated rings. The zero-order valence-electron chi connectivity index (χ0n) is 12.8. The molecule has 1 rings (SSSR count). The number of pyridine rings is 1. The van der Waals surface area contributed by atoms with Crippen LogP contribution in [0.25, 0.3) is 0 Å². The monoisotopic (exact) mass is 265 g/mol. The molecule has 0 saturated heterocycles. The normalized spacial score (nSPS) is 11.7. The van der Waals surface area contributed by atoms with E-state index in [-0.39, 0.29) is 0 Å². The van der Waals surface area contributed by atoms with Gasteiger partial charge in [-0.1, -0.05) is 34.6 Å². The van der Waals surface area contributed by atoms with Gasteiger partial charge in [-0.2, -0.15) is 4.98 Å². The minimum Gasteiger partial charge on any atom is -0.476 e. The number of hydrogen-bond donors (Lipinski definition) is 2. The first-order valence-electron chi connectivity index (χ1n) is 6.91. The number of nitrogens with two attached hydrogens (primary N) is 1. The van der Waals surface area contributed by atoms with E-state index >= 15 is 0 Å². The Balaban J connectivity index is 2.57. The second-order valence-corrected chi connectivity index (χ2v) is 6.53. The highest BCUT2D eigenvalue weighted by Gasteiger charge is 2.10. The molecule has 1 aromatic rings. The molecule has 1 aromatic heterocycles. The van der Waals surface area contributed by atoms with Crippen molar-refractivity contribution in [3.8, 4) is 5.88 Å². The molecule has 0 aliphatic heterocycles. The van der Waals surface area contributed by atoms with Gasteiger partial charge in [0.2, 0.25) is 5.88 Å². The Morgan fingerprint density at radius 2 is 2.00 bits per heavy atom. The summed E-state index contributed by atoms with van der Waals surface area (Å²) in [4.78, 5) is 4.41. The smallest absolute Gasteiger partial charge is 0.239 e. The summed E-state index contributed by atoms with van der Waals surface area (Å²) in [5.41, 5.74) is 6.76. The van der Waals surface area contributed by atoms with Gasteiger partial charge < -0.3 is 15.8 Å². The summed E-state index contributed by atoms with van der Waals surface area (Å²) >= 11 is 0. The van der Waals surface area contributed by atoms with Crippen LogP contribution in [0.4, 0.5) is 11.5 Å². The quantitative estimate of drug-likeness (QED) is 0.826. The van der Waals surface area contributed by atoms with Crippen LogP contribution in [0.15, 0.2) is 12.1 Å². The first-order chi connectivity index (χ1) is 8.78. The molecule has 0 spiro atoms. The molecule has 4 nitrogen and oxygen atoms in total. The van der Waals surface area contributed by atoms with Crippen LogP contribution in [-0.2, 0) is 0 Å². The Morgan fingerprint density at radius 3 is 2.58 bits per heavy atom. The summed E-state index contributed by atoms with van der Waals surface area (Å²) in [7, 11) is 0. The Labute approximate surface area is 116 Å². The van der Waals surface area contributed by atoms with E-state index in [0.717, 1.165) is 18.8 Å². The van der Waals surface area contributed by atoms with E-state index in [9.17, 15) is 0 Å². The lowest BCUT2D eigenvalue weighted by Gasteiger charge is -2.18. The molecular formula is C15H27N3O. The molecule has 0 aliphatic rings. The average molecular weight is 265 g/mol. The topological polar surface area (TPSA) is 60.2 Å². The lowest BCUT2D eigenvalue weighted by molar-refractivity contribution is 0.263. The van der Waals surface area contributed by atoms with Crippen LogP contribution in [0.2, 0.25) is 0 Å². The summed E-state index contributed by atoms with van der Waals surface area (Å²) < 4.78 is 5.61. The van der Waals surface area contributed by atoms with Crippen molar-refractivity contribution in [3.63, 3.8) is 0 Å². The summed E-state index contributed by atoms with van der Waals surface area (Å²) in [6, 6.07) is 3.72. The summed E-state index contributed by atoms with van der Waals surface area (Å²) in [6.07, 6.45) is 1.08. The van der Waals surface area contributed by atoms with Gasteiger partial charge in [0.25, 0.3) is 0 Å². The van der Waals surface area contributed by atoms with E-state index in [1.165, 1.54) is 0 Å². The second kappa shape index (κ2) is 6.64. The van der Waals surface area contributed by atoms with E-state index in [1.807, 2.05) is 12.1 Å². The van der Waals surface area contributed by atoms with Gasteiger partial charge in [-0.05, 0) is 29.9 Å². The molecule has 0 aliphatic carbocycles. The van der Waals surface area contributed by atoms with E-state index in [4.69, 9.17) is 10.5 Å². The molecular weight excluding hydrogens is 238 g/mol. The Bertz CT molecular complexity index is 397. The number of nitrogens with zero attached hydrogens (tertiary/aromatic N) is 1. The third kappa shape index (κ3) is 6.32. The van der Waals surface area contributed by atoms with Crippen molar-refractivity contribution in [2.75, 3.05) is 24.2 Å². The molecule has 0 unspecified atom stereocenters. The molecule has 4 heteroatoms. The van der Waals surface area contributed by atoms with E-state index in [2.05, 4.69) is 44.9 Å². The Hall–Kier alpha value is -1.45. The zero-order chi connectivity index (χ0) is 14.5. The van der Waals surface area contributed by atoms with Crippen LogP contribution >= 0.6 is 0 Å². The molecule has 3 N–H and O–H groups in total. The molecule has 19 heavy (non-hydrogen) atoms. The van der Waals surface area contributed by atoms with Crippen LogP contribution in [0.3, 0.4) is 0 Å². The summed E-state index contributed by atoms with van der Waals surface area (Å²) in [5, 5.41) is 3.31. The number of rotatable bonds is 6. The molecule has 0 amide bonds. The van der Waals surface area contributed by atoms with Crippen molar-refractivity contribution in [2.24, 2.45) is 11.3 Å². The van der Waals surface area contributed by atoms with Gasteiger partial charge in [0, 0.05) is 6.54 Å². The van der Waals surface area contributed by atoms with Crippen molar-refractivity contribution < 1.29 is 4.74 Å². The molecule has 0 bridgehead atoms. The van der Waals surface area contributed by atoms with E-state index in [1.54, 1.807) is 0 Å². The SMILES string of the molecule is CC(C)COc1nc(NCCC(C)(C)C)ccc1N. The Morgan fingerprint density at radius 1 is 1.32 bits per heavy atom. The van der Waals surface area contributed by atoms with Crippen molar-refractivity contribution in [1.82, 2.24) is 4.98 Å². The van der Waals surface area contributed by atoms with Crippen molar-refractivity contribution in [3.05, 3.63) is 12.1 Å². The number of hydrogen-bond acceptors (Lipinski definition) is 4. The fraction of sp³-hybridized carbons (Fsp3) is 0.667. The van der Waals surface area contributed by atoms with Crippen LogP contribution in [0, 0.1) is 11.3 Å². The number of aromatic nitrogens is 1. The molecule has 0 atom stereocenters. The first kappa shape index (κ1) is 15.6. The molecule has 0 radical (unpaired) electrons. The largest absolute Gasteiger partial charge is 0.476 e. The second-order valence-electron chi connectivity index (χ2n) is 6.53. The number of nitrogen functional groups attached to an aromatic ring is 1. The van der Waals surface area contributed by atoms with Crippen LogP contribution < -0.4 is 15.8 Å². The van der Waals surface area contributed by atoms with Crippen LogP contribution in [-0.4, -0.2) is 18.1 Å². The number of nitrogens with one attached hydrogen (secondary N) is 1. The van der Waals surface area contributed by atoms with Gasteiger partial charge in [-0.3, -0.25) is 0 Å². The van der Waals surface area contributed by atoms with Crippen LogP contribution in [0.5, 0.6) is 5.88 Å². The maximum absolute atomic E-state index is 5.86. The van der Waals surface area contributed by atoms with Crippen molar-refractivity contribution >= 4 is 11.5 Å².